The molecule has 0 bridgehead atoms. The fourth-order valence-electron chi connectivity index (χ4n) is 3.43. The average molecular weight is 475 g/mol. The van der Waals surface area contributed by atoms with Gasteiger partial charge in [0.05, 0.1) is 12.5 Å². The molecule has 2 amide bonds. The van der Waals surface area contributed by atoms with Crippen LogP contribution >= 0.6 is 0 Å². The SMILES string of the molecule is CC(=O)N(CC(Cc1ccccc1)C(=O)NCC(=O)OCc1ccccc1)OCc1ccccc1. The van der Waals surface area contributed by atoms with E-state index in [9.17, 15) is 14.4 Å². The second-order valence-electron chi connectivity index (χ2n) is 8.09. The van der Waals surface area contributed by atoms with Crippen LogP contribution in [0.4, 0.5) is 0 Å². The van der Waals surface area contributed by atoms with E-state index in [4.69, 9.17) is 9.57 Å². The van der Waals surface area contributed by atoms with Crippen LogP contribution in [0.25, 0.3) is 0 Å². The predicted octanol–water partition coefficient (Wildman–Crippen LogP) is 3.69. The molecule has 0 aromatic heterocycles. The molecular formula is C28H30N2O5. The number of hydrogen-bond donors (Lipinski definition) is 1. The fraction of sp³-hybridized carbons (Fsp3) is 0.250. The Balaban J connectivity index is 1.60. The summed E-state index contributed by atoms with van der Waals surface area (Å²) in [5, 5.41) is 3.85. The third-order valence-corrected chi connectivity index (χ3v) is 5.31. The minimum absolute atomic E-state index is 0.0436. The first kappa shape index (κ1) is 25.6. The Labute approximate surface area is 205 Å². The van der Waals surface area contributed by atoms with Gasteiger partial charge in [-0.2, -0.15) is 0 Å². The number of rotatable bonds is 12. The highest BCUT2D eigenvalue weighted by molar-refractivity contribution is 5.84. The fourth-order valence-corrected chi connectivity index (χ4v) is 3.43. The summed E-state index contributed by atoms with van der Waals surface area (Å²) in [4.78, 5) is 43.2. The summed E-state index contributed by atoms with van der Waals surface area (Å²) in [6.07, 6.45) is 0.379. The number of carbonyl (C=O) groups excluding carboxylic acids is 3. The van der Waals surface area contributed by atoms with Gasteiger partial charge in [-0.15, -0.1) is 0 Å². The van der Waals surface area contributed by atoms with E-state index in [1.54, 1.807) is 0 Å². The molecule has 0 aliphatic rings. The van der Waals surface area contributed by atoms with Crippen molar-refractivity contribution >= 4 is 17.8 Å². The van der Waals surface area contributed by atoms with E-state index < -0.39 is 11.9 Å². The normalized spacial score (nSPS) is 11.3. The maximum atomic E-state index is 13.0. The Kier molecular flexibility index (Phi) is 10.0. The highest BCUT2D eigenvalue weighted by atomic mass is 16.7. The number of benzene rings is 3. The first-order valence-electron chi connectivity index (χ1n) is 11.5. The third-order valence-electron chi connectivity index (χ3n) is 5.31. The molecule has 3 aromatic carbocycles. The minimum atomic E-state index is -0.626. The van der Waals surface area contributed by atoms with Crippen LogP contribution in [-0.2, 0) is 43.6 Å². The van der Waals surface area contributed by atoms with Gasteiger partial charge in [-0.1, -0.05) is 91.0 Å². The van der Waals surface area contributed by atoms with Crippen LogP contribution in [0.2, 0.25) is 0 Å². The van der Waals surface area contributed by atoms with E-state index in [1.807, 2.05) is 91.0 Å². The molecule has 1 unspecified atom stereocenters. The zero-order valence-corrected chi connectivity index (χ0v) is 19.8. The van der Waals surface area contributed by atoms with E-state index in [1.165, 1.54) is 12.0 Å². The van der Waals surface area contributed by atoms with E-state index in [0.29, 0.717) is 6.42 Å². The molecule has 3 aromatic rings. The number of hydrogen-bond acceptors (Lipinski definition) is 5. The van der Waals surface area contributed by atoms with E-state index in [0.717, 1.165) is 16.7 Å². The van der Waals surface area contributed by atoms with E-state index in [2.05, 4.69) is 5.32 Å². The molecule has 7 heteroatoms. The van der Waals surface area contributed by atoms with Crippen LogP contribution < -0.4 is 5.32 Å². The first-order chi connectivity index (χ1) is 17.0. The van der Waals surface area contributed by atoms with Gasteiger partial charge in [-0.25, -0.2) is 5.06 Å². The number of ether oxygens (including phenoxy) is 1. The van der Waals surface area contributed by atoms with Gasteiger partial charge in [0, 0.05) is 6.92 Å². The van der Waals surface area contributed by atoms with Crippen LogP contribution in [-0.4, -0.2) is 35.9 Å². The van der Waals surface area contributed by atoms with Crippen molar-refractivity contribution in [1.82, 2.24) is 10.4 Å². The van der Waals surface area contributed by atoms with Gasteiger partial charge in [0.25, 0.3) is 0 Å². The molecule has 7 nitrogen and oxygen atoms in total. The molecule has 182 valence electrons. The molecule has 35 heavy (non-hydrogen) atoms. The van der Waals surface area contributed by atoms with Crippen molar-refractivity contribution in [2.75, 3.05) is 13.1 Å². The lowest BCUT2D eigenvalue weighted by Crippen LogP contribution is -2.43. The number of hydroxylamine groups is 2. The van der Waals surface area contributed by atoms with Crippen LogP contribution in [0, 0.1) is 5.92 Å². The Morgan fingerprint density at radius 3 is 1.83 bits per heavy atom. The minimum Gasteiger partial charge on any atom is -0.460 e. The molecule has 1 atom stereocenters. The highest BCUT2D eigenvalue weighted by Gasteiger charge is 2.25. The number of esters is 1. The van der Waals surface area contributed by atoms with E-state index in [-0.39, 0.29) is 38.1 Å². The Hall–Kier alpha value is -3.97. The Bertz CT molecular complexity index is 1070. The summed E-state index contributed by atoms with van der Waals surface area (Å²) in [6.45, 7) is 1.51. The topological polar surface area (TPSA) is 84.9 Å². The summed E-state index contributed by atoms with van der Waals surface area (Å²) in [6, 6.07) is 28.3. The quantitative estimate of drug-likeness (QED) is 0.320. The van der Waals surface area contributed by atoms with Crippen molar-refractivity contribution in [2.24, 2.45) is 5.92 Å². The molecule has 1 N–H and O–H groups in total. The molecule has 0 radical (unpaired) electrons. The van der Waals surface area contributed by atoms with Gasteiger partial charge in [0.1, 0.15) is 19.8 Å². The van der Waals surface area contributed by atoms with Gasteiger partial charge in [-0.3, -0.25) is 19.2 Å². The molecule has 0 fully saturated rings. The summed E-state index contributed by atoms with van der Waals surface area (Å²) < 4.78 is 5.24. The van der Waals surface area contributed by atoms with Crippen molar-refractivity contribution in [3.05, 3.63) is 108 Å². The lowest BCUT2D eigenvalue weighted by Gasteiger charge is -2.25. The van der Waals surface area contributed by atoms with Crippen molar-refractivity contribution < 1.29 is 24.0 Å². The van der Waals surface area contributed by atoms with Crippen molar-refractivity contribution in [3.63, 3.8) is 0 Å². The lowest BCUT2D eigenvalue weighted by atomic mass is 9.98. The molecule has 0 heterocycles. The average Bonchev–Trinajstić information content (AvgIpc) is 2.89. The van der Waals surface area contributed by atoms with Gasteiger partial charge < -0.3 is 10.1 Å². The largest absolute Gasteiger partial charge is 0.460 e. The molecule has 0 saturated heterocycles. The number of carbonyl (C=O) groups is 3. The predicted molar refractivity (Wildman–Crippen MR) is 132 cm³/mol. The smallest absolute Gasteiger partial charge is 0.325 e. The van der Waals surface area contributed by atoms with Gasteiger partial charge in [-0.05, 0) is 23.1 Å². The Morgan fingerprint density at radius 2 is 1.29 bits per heavy atom. The van der Waals surface area contributed by atoms with Crippen molar-refractivity contribution in [2.45, 2.75) is 26.6 Å². The van der Waals surface area contributed by atoms with Gasteiger partial charge in [0.15, 0.2) is 0 Å². The second kappa shape index (κ2) is 13.7. The number of amides is 2. The van der Waals surface area contributed by atoms with Gasteiger partial charge in [0.2, 0.25) is 11.8 Å². The molecule has 3 rings (SSSR count). The summed E-state index contributed by atoms with van der Waals surface area (Å²) in [5.41, 5.74) is 2.71. The van der Waals surface area contributed by atoms with Crippen LogP contribution in [0.15, 0.2) is 91.0 Å². The van der Waals surface area contributed by atoms with E-state index >= 15 is 0 Å². The monoisotopic (exact) mass is 474 g/mol. The maximum absolute atomic E-state index is 13.0. The van der Waals surface area contributed by atoms with Crippen molar-refractivity contribution in [1.29, 1.82) is 0 Å². The molecule has 0 aliphatic carbocycles. The number of nitrogens with zero attached hydrogens (tertiary/aromatic N) is 1. The summed E-state index contributed by atoms with van der Waals surface area (Å²) in [7, 11) is 0. The third kappa shape index (κ3) is 9.06. The van der Waals surface area contributed by atoms with Crippen LogP contribution in [0.1, 0.15) is 23.6 Å². The zero-order valence-electron chi connectivity index (χ0n) is 19.8. The highest BCUT2D eigenvalue weighted by Crippen LogP contribution is 2.13. The molecular weight excluding hydrogens is 444 g/mol. The zero-order chi connectivity index (χ0) is 24.9. The molecule has 0 spiro atoms. The molecule has 0 aliphatic heterocycles. The second-order valence-corrected chi connectivity index (χ2v) is 8.09. The summed E-state index contributed by atoms with van der Waals surface area (Å²) in [5.74, 6) is -1.84. The van der Waals surface area contributed by atoms with Gasteiger partial charge >= 0.3 is 5.97 Å². The lowest BCUT2D eigenvalue weighted by molar-refractivity contribution is -0.193. The summed E-state index contributed by atoms with van der Waals surface area (Å²) >= 11 is 0. The van der Waals surface area contributed by atoms with Crippen LogP contribution in [0.5, 0.6) is 0 Å². The van der Waals surface area contributed by atoms with Crippen molar-refractivity contribution in [3.8, 4) is 0 Å². The first-order valence-corrected chi connectivity index (χ1v) is 11.5. The molecule has 0 saturated carbocycles. The number of nitrogens with one attached hydrogen (secondary N) is 1. The standard InChI is InChI=1S/C28H30N2O5/c1-22(31)30(35-21-25-15-9-4-10-16-25)19-26(17-23-11-5-2-6-12-23)28(33)29-18-27(32)34-20-24-13-7-3-8-14-24/h2-16,26H,17-21H2,1H3,(H,29,33). The van der Waals surface area contributed by atoms with Crippen LogP contribution in [0.3, 0.4) is 0 Å². The Morgan fingerprint density at radius 1 is 0.771 bits per heavy atom. The maximum Gasteiger partial charge on any atom is 0.325 e.